The van der Waals surface area contributed by atoms with Crippen LogP contribution in [-0.4, -0.2) is 58.8 Å². The first-order chi connectivity index (χ1) is 13.7. The molecule has 1 fully saturated rings. The van der Waals surface area contributed by atoms with Gasteiger partial charge in [0.15, 0.2) is 0 Å². The maximum atomic E-state index is 13.1. The van der Waals surface area contributed by atoms with Gasteiger partial charge in [-0.2, -0.15) is 5.10 Å². The third kappa shape index (κ3) is 4.89. The number of hydrogen-bond acceptors (Lipinski definition) is 5. The van der Waals surface area contributed by atoms with Gasteiger partial charge >= 0.3 is 0 Å². The zero-order chi connectivity index (χ0) is 21.2. The molecule has 1 aliphatic heterocycles. The van der Waals surface area contributed by atoms with Crippen LogP contribution in [0.3, 0.4) is 0 Å². The molecular formula is C22H34N6O. The molecule has 7 nitrogen and oxygen atoms in total. The Morgan fingerprint density at radius 1 is 1.17 bits per heavy atom. The minimum absolute atomic E-state index is 0.0932. The van der Waals surface area contributed by atoms with Gasteiger partial charge in [-0.15, -0.1) is 0 Å². The molecule has 1 atom stereocenters. The van der Waals surface area contributed by atoms with Crippen LogP contribution in [0, 0.1) is 6.92 Å². The van der Waals surface area contributed by atoms with Crippen LogP contribution in [0.2, 0.25) is 0 Å². The van der Waals surface area contributed by atoms with Crippen LogP contribution in [-0.2, 0) is 5.54 Å². The Morgan fingerprint density at radius 3 is 2.52 bits per heavy atom. The van der Waals surface area contributed by atoms with E-state index < -0.39 is 0 Å². The number of pyridine rings is 1. The first kappa shape index (κ1) is 21.1. The zero-order valence-corrected chi connectivity index (χ0v) is 18.6. The topological polar surface area (TPSA) is 66.3 Å². The minimum atomic E-state index is -0.132. The van der Waals surface area contributed by atoms with Crippen molar-refractivity contribution in [3.05, 3.63) is 35.8 Å². The second-order valence-electron chi connectivity index (χ2n) is 9.09. The standard InChI is InChI=1S/C22H34N6O/c1-16-19(15-24-28(16)22(2,3)4)21(29)27-12-7-8-17(11-13-27)25-18-9-10-20(23-14-18)26(5)6/h9-10,14-15,17,25H,7-8,11-13H2,1-6H3/t17-/m0/s1. The molecule has 1 aliphatic rings. The number of hydrogen-bond donors (Lipinski definition) is 1. The van der Waals surface area contributed by atoms with Gasteiger partial charge in [-0.05, 0) is 59.1 Å². The van der Waals surface area contributed by atoms with E-state index in [1.165, 1.54) is 0 Å². The summed E-state index contributed by atoms with van der Waals surface area (Å²) in [5.74, 6) is 1.04. The number of aromatic nitrogens is 3. The fourth-order valence-corrected chi connectivity index (χ4v) is 3.88. The third-order valence-corrected chi connectivity index (χ3v) is 5.47. The van der Waals surface area contributed by atoms with Gasteiger partial charge in [0.2, 0.25) is 0 Å². The second-order valence-corrected chi connectivity index (χ2v) is 9.09. The Balaban J connectivity index is 1.62. The van der Waals surface area contributed by atoms with Crippen molar-refractivity contribution in [2.24, 2.45) is 0 Å². The molecule has 0 radical (unpaired) electrons. The van der Waals surface area contributed by atoms with Gasteiger partial charge in [0.1, 0.15) is 5.82 Å². The van der Waals surface area contributed by atoms with E-state index in [9.17, 15) is 4.79 Å². The summed E-state index contributed by atoms with van der Waals surface area (Å²) in [4.78, 5) is 21.6. The first-order valence-electron chi connectivity index (χ1n) is 10.4. The normalized spacial score (nSPS) is 17.7. The van der Waals surface area contributed by atoms with Crippen molar-refractivity contribution >= 4 is 17.4 Å². The van der Waals surface area contributed by atoms with Gasteiger partial charge in [-0.25, -0.2) is 4.98 Å². The number of nitrogens with zero attached hydrogens (tertiary/aromatic N) is 5. The van der Waals surface area contributed by atoms with E-state index in [1.54, 1.807) is 6.20 Å². The summed E-state index contributed by atoms with van der Waals surface area (Å²) in [5.41, 5.74) is 2.55. The molecule has 0 bridgehead atoms. The molecule has 2 aromatic heterocycles. The van der Waals surface area contributed by atoms with E-state index in [4.69, 9.17) is 0 Å². The predicted molar refractivity (Wildman–Crippen MR) is 118 cm³/mol. The molecule has 7 heteroatoms. The molecule has 3 heterocycles. The number of carbonyl (C=O) groups excluding carboxylic acids is 1. The smallest absolute Gasteiger partial charge is 0.257 e. The molecule has 3 rings (SSSR count). The lowest BCUT2D eigenvalue weighted by Gasteiger charge is -2.23. The molecule has 0 aliphatic carbocycles. The van der Waals surface area contributed by atoms with Crippen molar-refractivity contribution in [3.8, 4) is 0 Å². The van der Waals surface area contributed by atoms with Crippen molar-refractivity contribution < 1.29 is 4.79 Å². The zero-order valence-electron chi connectivity index (χ0n) is 18.6. The Kier molecular flexibility index (Phi) is 6.15. The van der Waals surface area contributed by atoms with E-state index in [0.717, 1.165) is 55.1 Å². The molecule has 0 spiro atoms. The van der Waals surface area contributed by atoms with Gasteiger partial charge in [-0.1, -0.05) is 0 Å². The van der Waals surface area contributed by atoms with Crippen LogP contribution in [0.15, 0.2) is 24.5 Å². The van der Waals surface area contributed by atoms with E-state index >= 15 is 0 Å². The Bertz CT molecular complexity index is 834. The average molecular weight is 399 g/mol. The van der Waals surface area contributed by atoms with Crippen molar-refractivity contribution in [3.63, 3.8) is 0 Å². The summed E-state index contributed by atoms with van der Waals surface area (Å²) in [5, 5.41) is 8.05. The second kappa shape index (κ2) is 8.43. The van der Waals surface area contributed by atoms with E-state index in [1.807, 2.05) is 47.8 Å². The Hall–Kier alpha value is -2.57. The number of likely N-dealkylation sites (tertiary alicyclic amines) is 1. The fraction of sp³-hybridized carbons (Fsp3) is 0.591. The quantitative estimate of drug-likeness (QED) is 0.854. The lowest BCUT2D eigenvalue weighted by Crippen LogP contribution is -2.33. The molecule has 2 aromatic rings. The van der Waals surface area contributed by atoms with Crippen LogP contribution in [0.25, 0.3) is 0 Å². The van der Waals surface area contributed by atoms with Gasteiger partial charge in [-0.3, -0.25) is 9.48 Å². The summed E-state index contributed by atoms with van der Waals surface area (Å²) in [6.07, 6.45) is 6.56. The van der Waals surface area contributed by atoms with E-state index in [2.05, 4.69) is 42.2 Å². The average Bonchev–Trinajstić information content (AvgIpc) is 2.90. The third-order valence-electron chi connectivity index (χ3n) is 5.47. The Labute approximate surface area is 174 Å². The molecule has 158 valence electrons. The summed E-state index contributed by atoms with van der Waals surface area (Å²) in [7, 11) is 3.97. The summed E-state index contributed by atoms with van der Waals surface area (Å²) in [6, 6.07) is 4.43. The molecule has 1 N–H and O–H groups in total. The van der Waals surface area contributed by atoms with Crippen molar-refractivity contribution in [2.45, 2.75) is 58.5 Å². The SMILES string of the molecule is Cc1c(C(=O)N2CCC[C@H](Nc3ccc(N(C)C)nc3)CC2)cnn1C(C)(C)C. The van der Waals surface area contributed by atoms with Gasteiger partial charge in [0.05, 0.1) is 29.2 Å². The monoisotopic (exact) mass is 398 g/mol. The summed E-state index contributed by atoms with van der Waals surface area (Å²) >= 11 is 0. The van der Waals surface area contributed by atoms with Crippen LogP contribution < -0.4 is 10.2 Å². The highest BCUT2D eigenvalue weighted by Gasteiger charge is 2.26. The molecule has 0 saturated carbocycles. The number of carbonyl (C=O) groups is 1. The van der Waals surface area contributed by atoms with Crippen LogP contribution in [0.1, 0.15) is 56.1 Å². The molecular weight excluding hydrogens is 364 g/mol. The van der Waals surface area contributed by atoms with Gasteiger partial charge < -0.3 is 15.1 Å². The van der Waals surface area contributed by atoms with Crippen LogP contribution in [0.5, 0.6) is 0 Å². The van der Waals surface area contributed by atoms with Gasteiger partial charge in [0, 0.05) is 38.9 Å². The molecule has 0 unspecified atom stereocenters. The summed E-state index contributed by atoms with van der Waals surface area (Å²) in [6.45, 7) is 9.82. The van der Waals surface area contributed by atoms with Crippen LogP contribution in [0.4, 0.5) is 11.5 Å². The number of anilines is 2. The van der Waals surface area contributed by atoms with Crippen molar-refractivity contribution in [1.29, 1.82) is 0 Å². The molecule has 1 amide bonds. The highest BCUT2D eigenvalue weighted by Crippen LogP contribution is 2.22. The number of rotatable bonds is 4. The lowest BCUT2D eigenvalue weighted by molar-refractivity contribution is 0.0760. The van der Waals surface area contributed by atoms with E-state index in [-0.39, 0.29) is 11.4 Å². The first-order valence-corrected chi connectivity index (χ1v) is 10.4. The highest BCUT2D eigenvalue weighted by atomic mass is 16.2. The molecule has 0 aromatic carbocycles. The summed E-state index contributed by atoms with van der Waals surface area (Å²) < 4.78 is 1.94. The van der Waals surface area contributed by atoms with E-state index in [0.29, 0.717) is 6.04 Å². The minimum Gasteiger partial charge on any atom is -0.381 e. The molecule has 1 saturated heterocycles. The van der Waals surface area contributed by atoms with Crippen molar-refractivity contribution in [2.75, 3.05) is 37.4 Å². The predicted octanol–water partition coefficient (Wildman–Crippen LogP) is 3.51. The highest BCUT2D eigenvalue weighted by molar-refractivity contribution is 5.95. The van der Waals surface area contributed by atoms with Crippen molar-refractivity contribution in [1.82, 2.24) is 19.7 Å². The fourth-order valence-electron chi connectivity index (χ4n) is 3.88. The largest absolute Gasteiger partial charge is 0.381 e. The number of amides is 1. The maximum Gasteiger partial charge on any atom is 0.257 e. The molecule has 29 heavy (non-hydrogen) atoms. The maximum absolute atomic E-state index is 13.1. The Morgan fingerprint density at radius 2 is 1.93 bits per heavy atom. The number of nitrogens with one attached hydrogen (secondary N) is 1. The van der Waals surface area contributed by atoms with Crippen LogP contribution >= 0.6 is 0 Å². The van der Waals surface area contributed by atoms with Gasteiger partial charge in [0.25, 0.3) is 5.91 Å². The lowest BCUT2D eigenvalue weighted by atomic mass is 10.1.